The van der Waals surface area contributed by atoms with Crippen molar-refractivity contribution in [3.8, 4) is 11.5 Å². The lowest BCUT2D eigenvalue weighted by Gasteiger charge is -2.22. The lowest BCUT2D eigenvalue weighted by atomic mass is 9.84. The topological polar surface area (TPSA) is 51.3 Å². The van der Waals surface area contributed by atoms with E-state index in [0.717, 1.165) is 16.7 Å². The van der Waals surface area contributed by atoms with Crippen LogP contribution < -0.4 is 4.74 Å². The van der Waals surface area contributed by atoms with Crippen LogP contribution in [0.25, 0.3) is 10.9 Å². The van der Waals surface area contributed by atoms with Gasteiger partial charge in [0.25, 0.3) is 0 Å². The van der Waals surface area contributed by atoms with Crippen molar-refractivity contribution in [1.29, 1.82) is 0 Å². The molecule has 3 aromatic rings. The van der Waals surface area contributed by atoms with E-state index < -0.39 is 5.97 Å². The van der Waals surface area contributed by atoms with Gasteiger partial charge in [-0.15, -0.1) is 0 Å². The molecule has 1 heterocycles. The van der Waals surface area contributed by atoms with Crippen molar-refractivity contribution < 1.29 is 14.3 Å². The highest BCUT2D eigenvalue weighted by atomic mass is 35.5. The van der Waals surface area contributed by atoms with Crippen LogP contribution in [0.2, 0.25) is 5.02 Å². The monoisotopic (exact) mass is 443 g/mol. The van der Waals surface area contributed by atoms with Gasteiger partial charge in [-0.1, -0.05) is 70.7 Å². The molecule has 0 atom stereocenters. The number of hydrogen-bond donors (Lipinski definition) is 1. The van der Waals surface area contributed by atoms with Crippen LogP contribution in [0.5, 0.6) is 11.5 Å². The molecule has 1 aromatic heterocycles. The van der Waals surface area contributed by atoms with E-state index >= 15 is 0 Å². The van der Waals surface area contributed by atoms with Crippen molar-refractivity contribution in [2.24, 2.45) is 0 Å². The molecule has 1 saturated carbocycles. The fraction of sp³-hybridized carbons (Fsp3) is 0.423. The molecule has 0 radical (unpaired) electrons. The molecule has 4 nitrogen and oxygen atoms in total. The number of methoxy groups -OCH3 is 1. The molecular formula is C26H34ClNO3. The number of benzene rings is 2. The number of esters is 1. The summed E-state index contributed by atoms with van der Waals surface area (Å²) in [7, 11) is 1.35. The number of ether oxygens (including phenoxy) is 2. The lowest BCUT2D eigenvalue weighted by molar-refractivity contribution is 0.0595. The van der Waals surface area contributed by atoms with Gasteiger partial charge in [0, 0.05) is 16.5 Å². The molecule has 5 heteroatoms. The van der Waals surface area contributed by atoms with Crippen molar-refractivity contribution >= 4 is 28.5 Å². The van der Waals surface area contributed by atoms with E-state index in [1.54, 1.807) is 18.2 Å². The normalized spacial score (nSPS) is 13.5. The third-order valence-electron chi connectivity index (χ3n) is 5.25. The largest absolute Gasteiger partial charge is 0.464 e. The number of aromatic amines is 1. The number of hydrogen-bond acceptors (Lipinski definition) is 3. The predicted molar refractivity (Wildman–Crippen MR) is 130 cm³/mol. The Balaban J connectivity index is 0.000000807. The summed E-state index contributed by atoms with van der Waals surface area (Å²) in [6, 6.07) is 13.6. The van der Waals surface area contributed by atoms with E-state index in [0.29, 0.717) is 22.4 Å². The molecular weight excluding hydrogens is 410 g/mol. The summed E-state index contributed by atoms with van der Waals surface area (Å²) in [5, 5.41) is 1.32. The van der Waals surface area contributed by atoms with Gasteiger partial charge in [-0.25, -0.2) is 4.79 Å². The highest BCUT2D eigenvalue weighted by Gasteiger charge is 2.16. The van der Waals surface area contributed by atoms with E-state index in [9.17, 15) is 4.79 Å². The minimum Gasteiger partial charge on any atom is -0.464 e. The molecule has 168 valence electrons. The Kier molecular flexibility index (Phi) is 9.93. The SMILES string of the molecule is CC.CC.COC(=O)c1cc2c(Oc3ccc(C4CCCCC4)cc3)cc(Cl)cc2[nH]1. The maximum Gasteiger partial charge on any atom is 0.354 e. The van der Waals surface area contributed by atoms with Crippen LogP contribution in [0.1, 0.15) is 81.8 Å². The van der Waals surface area contributed by atoms with Gasteiger partial charge in [-0.2, -0.15) is 0 Å². The Bertz CT molecular complexity index is 957. The highest BCUT2D eigenvalue weighted by Crippen LogP contribution is 2.36. The third-order valence-corrected chi connectivity index (χ3v) is 5.47. The first kappa shape index (κ1) is 24.8. The number of nitrogens with one attached hydrogen (secondary N) is 1. The van der Waals surface area contributed by atoms with Gasteiger partial charge >= 0.3 is 5.97 Å². The molecule has 1 N–H and O–H groups in total. The van der Waals surface area contributed by atoms with Crippen LogP contribution >= 0.6 is 11.6 Å². The van der Waals surface area contributed by atoms with Crippen LogP contribution in [0.3, 0.4) is 0 Å². The summed E-state index contributed by atoms with van der Waals surface area (Å²) in [5.74, 6) is 1.59. The summed E-state index contributed by atoms with van der Waals surface area (Å²) in [5.41, 5.74) is 2.48. The van der Waals surface area contributed by atoms with Crippen LogP contribution in [0.4, 0.5) is 0 Å². The Hall–Kier alpha value is -2.46. The number of carbonyl (C=O) groups excluding carboxylic acids is 1. The summed E-state index contributed by atoms with van der Waals surface area (Å²) in [4.78, 5) is 14.8. The lowest BCUT2D eigenvalue weighted by Crippen LogP contribution is -2.04. The van der Waals surface area contributed by atoms with Crippen molar-refractivity contribution in [3.05, 3.63) is 58.7 Å². The average Bonchev–Trinajstić information content (AvgIpc) is 3.26. The first-order valence-electron chi connectivity index (χ1n) is 11.3. The van der Waals surface area contributed by atoms with Gasteiger partial charge in [-0.3, -0.25) is 0 Å². The Morgan fingerprint density at radius 2 is 1.61 bits per heavy atom. The molecule has 0 aliphatic heterocycles. The van der Waals surface area contributed by atoms with E-state index in [4.69, 9.17) is 21.1 Å². The number of H-pyrrole nitrogens is 1. The molecule has 31 heavy (non-hydrogen) atoms. The van der Waals surface area contributed by atoms with Gasteiger partial charge < -0.3 is 14.5 Å². The molecule has 1 aliphatic carbocycles. The summed E-state index contributed by atoms with van der Waals surface area (Å²) < 4.78 is 10.9. The third kappa shape index (κ3) is 6.27. The zero-order valence-corrected chi connectivity index (χ0v) is 20.0. The van der Waals surface area contributed by atoms with E-state index in [2.05, 4.69) is 17.1 Å². The average molecular weight is 444 g/mol. The number of rotatable bonds is 4. The van der Waals surface area contributed by atoms with Crippen LogP contribution in [-0.2, 0) is 4.74 Å². The Morgan fingerprint density at radius 1 is 0.968 bits per heavy atom. The molecule has 1 fully saturated rings. The fourth-order valence-electron chi connectivity index (χ4n) is 3.85. The van der Waals surface area contributed by atoms with Crippen molar-refractivity contribution in [1.82, 2.24) is 4.98 Å². The predicted octanol–water partition coefficient (Wildman–Crippen LogP) is 8.50. The number of halogens is 1. The molecule has 0 amide bonds. The van der Waals surface area contributed by atoms with Gasteiger partial charge in [0.05, 0.1) is 12.6 Å². The maximum absolute atomic E-state index is 11.8. The summed E-state index contributed by atoms with van der Waals surface area (Å²) in [6.07, 6.45) is 6.54. The quantitative estimate of drug-likeness (QED) is 0.411. The minimum absolute atomic E-state index is 0.368. The van der Waals surface area contributed by atoms with Crippen molar-refractivity contribution in [2.45, 2.75) is 65.7 Å². The zero-order chi connectivity index (χ0) is 22.8. The van der Waals surface area contributed by atoms with E-state index in [1.807, 2.05) is 39.8 Å². The number of fused-ring (bicyclic) bond motifs is 1. The van der Waals surface area contributed by atoms with E-state index in [1.165, 1.54) is 44.8 Å². The molecule has 0 spiro atoms. The molecule has 0 saturated heterocycles. The van der Waals surface area contributed by atoms with Crippen LogP contribution in [0.15, 0.2) is 42.5 Å². The standard InChI is InChI=1S/C22H22ClNO3.2C2H6/c1-26-22(25)20-13-18-19(24-20)11-16(23)12-21(18)27-17-9-7-15(8-10-17)14-5-3-2-4-6-14;2*1-2/h7-14,24H,2-6H2,1H3;2*1-2H3. The first-order chi connectivity index (χ1) is 15.1. The van der Waals surface area contributed by atoms with Gasteiger partial charge in [0.1, 0.15) is 17.2 Å². The van der Waals surface area contributed by atoms with E-state index in [-0.39, 0.29) is 0 Å². The molecule has 4 rings (SSSR count). The molecule has 1 aliphatic rings. The highest BCUT2D eigenvalue weighted by molar-refractivity contribution is 6.31. The molecule has 2 aromatic carbocycles. The Morgan fingerprint density at radius 3 is 2.23 bits per heavy atom. The van der Waals surface area contributed by atoms with Crippen LogP contribution in [-0.4, -0.2) is 18.1 Å². The zero-order valence-electron chi connectivity index (χ0n) is 19.3. The second kappa shape index (κ2) is 12.4. The van der Waals surface area contributed by atoms with Crippen molar-refractivity contribution in [3.63, 3.8) is 0 Å². The fourth-order valence-corrected chi connectivity index (χ4v) is 4.05. The second-order valence-corrected chi connectivity index (χ2v) is 7.48. The Labute approximate surface area is 190 Å². The second-order valence-electron chi connectivity index (χ2n) is 7.05. The smallest absolute Gasteiger partial charge is 0.354 e. The number of aromatic nitrogens is 1. The molecule has 0 bridgehead atoms. The van der Waals surface area contributed by atoms with Crippen LogP contribution in [0, 0.1) is 0 Å². The van der Waals surface area contributed by atoms with Gasteiger partial charge in [0.2, 0.25) is 0 Å². The van der Waals surface area contributed by atoms with Gasteiger partial charge in [0.15, 0.2) is 0 Å². The van der Waals surface area contributed by atoms with Gasteiger partial charge in [-0.05, 0) is 48.6 Å². The maximum atomic E-state index is 11.8. The summed E-state index contributed by atoms with van der Waals surface area (Å²) in [6.45, 7) is 8.00. The summed E-state index contributed by atoms with van der Waals surface area (Å²) >= 11 is 6.22. The van der Waals surface area contributed by atoms with Crippen molar-refractivity contribution in [2.75, 3.05) is 7.11 Å². The molecule has 0 unspecified atom stereocenters. The number of carbonyl (C=O) groups is 1. The first-order valence-corrected chi connectivity index (χ1v) is 11.7. The minimum atomic E-state index is -0.426.